The van der Waals surface area contributed by atoms with Crippen LogP contribution in [-0.2, 0) is 4.79 Å². The lowest BCUT2D eigenvalue weighted by atomic mass is 10.2. The lowest BCUT2D eigenvalue weighted by Crippen LogP contribution is -2.51. The molecule has 1 N–H and O–H groups in total. The number of carbonyl (C=O) groups is 1. The van der Waals surface area contributed by atoms with Gasteiger partial charge >= 0.3 is 5.97 Å². The fourth-order valence-electron chi connectivity index (χ4n) is 2.04. The van der Waals surface area contributed by atoms with Crippen molar-refractivity contribution in [3.8, 4) is 0 Å². The first-order valence-corrected chi connectivity index (χ1v) is 5.81. The molecule has 1 fully saturated rings. The van der Waals surface area contributed by atoms with Crippen LogP contribution in [0.1, 0.15) is 6.92 Å². The number of hydrogen-bond donors (Lipinski definition) is 1. The van der Waals surface area contributed by atoms with E-state index in [2.05, 4.69) is 9.88 Å². The first-order valence-electron chi connectivity index (χ1n) is 5.81. The standard InChI is InChI=1S/C12H17N3O2/c1-10(12(16)17)14-6-8-15(9-7-14)11-4-2-3-5-13-11/h2-5,10H,6-9H2,1H3,(H,16,17). The van der Waals surface area contributed by atoms with Crippen LogP contribution < -0.4 is 4.90 Å². The predicted molar refractivity (Wildman–Crippen MR) is 65.1 cm³/mol. The van der Waals surface area contributed by atoms with E-state index in [0.717, 1.165) is 32.0 Å². The minimum atomic E-state index is -0.753. The van der Waals surface area contributed by atoms with Crippen molar-refractivity contribution >= 4 is 11.8 Å². The van der Waals surface area contributed by atoms with Gasteiger partial charge in [0, 0.05) is 32.4 Å². The molecule has 1 aromatic heterocycles. The number of piperazine rings is 1. The van der Waals surface area contributed by atoms with Crippen LogP contribution in [0.2, 0.25) is 0 Å². The van der Waals surface area contributed by atoms with Gasteiger partial charge in [0.15, 0.2) is 0 Å². The molecule has 1 saturated heterocycles. The lowest BCUT2D eigenvalue weighted by molar-refractivity contribution is -0.142. The molecule has 1 aliphatic rings. The highest BCUT2D eigenvalue weighted by Crippen LogP contribution is 2.13. The fraction of sp³-hybridized carbons (Fsp3) is 0.500. The van der Waals surface area contributed by atoms with Crippen LogP contribution in [0, 0.1) is 0 Å². The third-order valence-corrected chi connectivity index (χ3v) is 3.19. The van der Waals surface area contributed by atoms with Crippen LogP contribution in [0.15, 0.2) is 24.4 Å². The number of carboxylic acids is 1. The average Bonchev–Trinajstić information content (AvgIpc) is 2.39. The summed E-state index contributed by atoms with van der Waals surface area (Å²) in [5.74, 6) is 0.214. The number of nitrogens with zero attached hydrogens (tertiary/aromatic N) is 3. The Morgan fingerprint density at radius 1 is 1.35 bits per heavy atom. The molecule has 0 radical (unpaired) electrons. The minimum absolute atomic E-state index is 0.402. The predicted octanol–water partition coefficient (Wildman–Crippen LogP) is 0.677. The fourth-order valence-corrected chi connectivity index (χ4v) is 2.04. The van der Waals surface area contributed by atoms with Crippen molar-refractivity contribution in [2.45, 2.75) is 13.0 Å². The number of carboxylic acid groups (broad SMARTS) is 1. The van der Waals surface area contributed by atoms with Gasteiger partial charge in [0.25, 0.3) is 0 Å². The van der Waals surface area contributed by atoms with E-state index in [-0.39, 0.29) is 0 Å². The van der Waals surface area contributed by atoms with Gasteiger partial charge in [-0.2, -0.15) is 0 Å². The topological polar surface area (TPSA) is 56.7 Å². The molecule has 0 bridgehead atoms. The van der Waals surface area contributed by atoms with E-state index in [0.29, 0.717) is 0 Å². The maximum absolute atomic E-state index is 10.9. The maximum Gasteiger partial charge on any atom is 0.320 e. The number of aromatic nitrogens is 1. The van der Waals surface area contributed by atoms with Crippen molar-refractivity contribution in [2.75, 3.05) is 31.1 Å². The third-order valence-electron chi connectivity index (χ3n) is 3.19. The van der Waals surface area contributed by atoms with Gasteiger partial charge < -0.3 is 10.0 Å². The first kappa shape index (κ1) is 11.9. The van der Waals surface area contributed by atoms with Gasteiger partial charge in [0.2, 0.25) is 0 Å². The summed E-state index contributed by atoms with van der Waals surface area (Å²) < 4.78 is 0. The van der Waals surface area contributed by atoms with E-state index in [4.69, 9.17) is 5.11 Å². The Bertz CT molecular complexity index is 375. The Morgan fingerprint density at radius 2 is 2.06 bits per heavy atom. The Kier molecular flexibility index (Phi) is 3.58. The normalized spacial score (nSPS) is 19.0. The summed E-state index contributed by atoms with van der Waals surface area (Å²) >= 11 is 0. The van der Waals surface area contributed by atoms with Crippen molar-refractivity contribution in [2.24, 2.45) is 0 Å². The Morgan fingerprint density at radius 3 is 2.59 bits per heavy atom. The molecule has 2 heterocycles. The summed E-state index contributed by atoms with van der Waals surface area (Å²) in [6.45, 7) is 4.93. The summed E-state index contributed by atoms with van der Waals surface area (Å²) in [7, 11) is 0. The minimum Gasteiger partial charge on any atom is -0.480 e. The Hall–Kier alpha value is -1.62. The molecule has 5 nitrogen and oxygen atoms in total. The molecule has 0 aliphatic carbocycles. The average molecular weight is 235 g/mol. The second-order valence-electron chi connectivity index (χ2n) is 4.23. The molecule has 0 aromatic carbocycles. The first-order chi connectivity index (χ1) is 8.18. The van der Waals surface area contributed by atoms with Crippen molar-refractivity contribution < 1.29 is 9.90 Å². The number of aliphatic carboxylic acids is 1. The SMILES string of the molecule is CC(C(=O)O)N1CCN(c2ccccn2)CC1. The van der Waals surface area contributed by atoms with Crippen molar-refractivity contribution in [1.82, 2.24) is 9.88 Å². The van der Waals surface area contributed by atoms with Crippen LogP contribution in [0.25, 0.3) is 0 Å². The van der Waals surface area contributed by atoms with E-state index < -0.39 is 12.0 Å². The van der Waals surface area contributed by atoms with Gasteiger partial charge in [-0.15, -0.1) is 0 Å². The van der Waals surface area contributed by atoms with E-state index >= 15 is 0 Å². The van der Waals surface area contributed by atoms with Crippen molar-refractivity contribution in [3.05, 3.63) is 24.4 Å². The molecule has 1 atom stereocenters. The molecule has 0 saturated carbocycles. The monoisotopic (exact) mass is 235 g/mol. The zero-order valence-corrected chi connectivity index (χ0v) is 9.91. The molecule has 92 valence electrons. The molecule has 1 unspecified atom stereocenters. The van der Waals surface area contributed by atoms with Crippen LogP contribution in [-0.4, -0.2) is 53.2 Å². The molecule has 0 spiro atoms. The molecule has 0 amide bonds. The zero-order valence-electron chi connectivity index (χ0n) is 9.91. The summed E-state index contributed by atoms with van der Waals surface area (Å²) in [6, 6.07) is 5.44. The van der Waals surface area contributed by atoms with Crippen LogP contribution in [0.5, 0.6) is 0 Å². The Balaban J connectivity index is 1.93. The van der Waals surface area contributed by atoms with Crippen LogP contribution >= 0.6 is 0 Å². The molecule has 1 aliphatic heterocycles. The van der Waals surface area contributed by atoms with Gasteiger partial charge in [-0.3, -0.25) is 9.69 Å². The van der Waals surface area contributed by atoms with E-state index in [1.54, 1.807) is 13.1 Å². The van der Waals surface area contributed by atoms with Gasteiger partial charge in [-0.05, 0) is 19.1 Å². The van der Waals surface area contributed by atoms with Crippen molar-refractivity contribution in [3.63, 3.8) is 0 Å². The molecular formula is C12H17N3O2. The molecule has 17 heavy (non-hydrogen) atoms. The summed E-state index contributed by atoms with van der Waals surface area (Å²) in [4.78, 5) is 19.4. The van der Waals surface area contributed by atoms with Gasteiger partial charge in [-0.1, -0.05) is 6.07 Å². The third kappa shape index (κ3) is 2.74. The number of pyridine rings is 1. The van der Waals surface area contributed by atoms with Gasteiger partial charge in [-0.25, -0.2) is 4.98 Å². The molecular weight excluding hydrogens is 218 g/mol. The number of hydrogen-bond acceptors (Lipinski definition) is 4. The lowest BCUT2D eigenvalue weighted by Gasteiger charge is -2.37. The number of anilines is 1. The highest BCUT2D eigenvalue weighted by molar-refractivity contribution is 5.72. The summed E-state index contributed by atoms with van der Waals surface area (Å²) in [6.07, 6.45) is 1.78. The smallest absolute Gasteiger partial charge is 0.320 e. The van der Waals surface area contributed by atoms with Gasteiger partial charge in [0.05, 0.1) is 0 Å². The number of rotatable bonds is 3. The highest BCUT2D eigenvalue weighted by Gasteiger charge is 2.25. The van der Waals surface area contributed by atoms with Crippen LogP contribution in [0.4, 0.5) is 5.82 Å². The van der Waals surface area contributed by atoms with E-state index in [9.17, 15) is 4.79 Å². The second kappa shape index (κ2) is 5.14. The molecule has 5 heteroatoms. The Labute approximate surface area is 101 Å². The maximum atomic E-state index is 10.9. The van der Waals surface area contributed by atoms with Crippen LogP contribution in [0.3, 0.4) is 0 Å². The van der Waals surface area contributed by atoms with E-state index in [1.165, 1.54) is 0 Å². The zero-order chi connectivity index (χ0) is 12.3. The van der Waals surface area contributed by atoms with Crippen molar-refractivity contribution in [1.29, 1.82) is 0 Å². The largest absolute Gasteiger partial charge is 0.480 e. The van der Waals surface area contributed by atoms with Gasteiger partial charge in [0.1, 0.15) is 11.9 Å². The van der Waals surface area contributed by atoms with E-state index in [1.807, 2.05) is 23.1 Å². The summed E-state index contributed by atoms with van der Waals surface area (Å²) in [5, 5.41) is 8.95. The second-order valence-corrected chi connectivity index (χ2v) is 4.23. The molecule has 1 aromatic rings. The highest BCUT2D eigenvalue weighted by atomic mass is 16.4. The summed E-state index contributed by atoms with van der Waals surface area (Å²) in [5.41, 5.74) is 0. The quantitative estimate of drug-likeness (QED) is 0.834. The molecule has 2 rings (SSSR count).